The topological polar surface area (TPSA) is 61.4 Å². The van der Waals surface area contributed by atoms with Gasteiger partial charge in [0.1, 0.15) is 11.6 Å². The number of carbonyl (C=O) groups is 2. The lowest BCUT2D eigenvalue weighted by Crippen LogP contribution is -2.43. The Morgan fingerprint density at radius 2 is 1.71 bits per heavy atom. The van der Waals surface area contributed by atoms with Crippen LogP contribution in [-0.4, -0.2) is 29.9 Å². The number of rotatable bonds is 4. The minimum Gasteiger partial charge on any atom is -0.325 e. The maximum atomic E-state index is 13.7. The Morgan fingerprint density at radius 3 is 2.39 bits per heavy atom. The van der Waals surface area contributed by atoms with Crippen molar-refractivity contribution in [1.82, 2.24) is 4.90 Å². The van der Waals surface area contributed by atoms with E-state index in [4.69, 9.17) is 0 Å². The average Bonchev–Trinajstić information content (AvgIpc) is 2.71. The third-order valence-corrected chi connectivity index (χ3v) is 5.16. The third-order valence-electron chi connectivity index (χ3n) is 5.16. The van der Waals surface area contributed by atoms with Crippen LogP contribution in [0.3, 0.4) is 0 Å². The molecule has 1 fully saturated rings. The van der Waals surface area contributed by atoms with Crippen LogP contribution in [0.15, 0.2) is 48.5 Å². The van der Waals surface area contributed by atoms with E-state index in [2.05, 4.69) is 10.6 Å². The zero-order valence-electron chi connectivity index (χ0n) is 15.6. The van der Waals surface area contributed by atoms with Gasteiger partial charge in [-0.15, -0.1) is 0 Å². The van der Waals surface area contributed by atoms with Crippen molar-refractivity contribution < 1.29 is 18.4 Å². The fourth-order valence-electron chi connectivity index (χ4n) is 3.38. The quantitative estimate of drug-likeness (QED) is 0.812. The number of amides is 3. The molecule has 148 valence electrons. The van der Waals surface area contributed by atoms with Crippen LogP contribution in [0.4, 0.5) is 25.0 Å². The average molecular weight is 387 g/mol. The Morgan fingerprint density at radius 1 is 1.04 bits per heavy atom. The maximum absolute atomic E-state index is 13.7. The van der Waals surface area contributed by atoms with Crippen LogP contribution in [0.25, 0.3) is 0 Å². The molecule has 2 aromatic carbocycles. The maximum Gasteiger partial charge on any atom is 0.321 e. The summed E-state index contributed by atoms with van der Waals surface area (Å²) in [5, 5.41) is 5.32. The highest BCUT2D eigenvalue weighted by atomic mass is 19.1. The Hall–Kier alpha value is -2.96. The van der Waals surface area contributed by atoms with Crippen molar-refractivity contribution in [3.05, 3.63) is 60.2 Å². The van der Waals surface area contributed by atoms with E-state index in [1.165, 1.54) is 0 Å². The first-order valence-electron chi connectivity index (χ1n) is 9.31. The molecule has 0 radical (unpaired) electrons. The predicted octanol–water partition coefficient (Wildman–Crippen LogP) is 4.48. The molecule has 0 bridgehead atoms. The van der Waals surface area contributed by atoms with E-state index in [1.54, 1.807) is 11.8 Å². The highest BCUT2D eigenvalue weighted by Crippen LogP contribution is 2.27. The van der Waals surface area contributed by atoms with Gasteiger partial charge >= 0.3 is 6.03 Å². The second-order valence-corrected chi connectivity index (χ2v) is 7.02. The standard InChI is InChI=1S/C21H23F2N3O2/c1-14(20(27)25-19-13-16(22)7-8-18(19)23)15-9-11-26(12-10-15)21(28)24-17-5-3-2-4-6-17/h2-8,13-15H,9-12H2,1H3,(H,24,28)(H,25,27)/t14-/m1/s1. The molecule has 1 atom stereocenters. The van der Waals surface area contributed by atoms with Gasteiger partial charge in [0, 0.05) is 30.8 Å². The molecule has 2 N–H and O–H groups in total. The monoisotopic (exact) mass is 387 g/mol. The van der Waals surface area contributed by atoms with E-state index in [0.717, 1.165) is 23.9 Å². The summed E-state index contributed by atoms with van der Waals surface area (Å²) < 4.78 is 27.0. The molecule has 1 saturated heterocycles. The van der Waals surface area contributed by atoms with Gasteiger partial charge in [0.15, 0.2) is 0 Å². The summed E-state index contributed by atoms with van der Waals surface area (Å²) in [6.45, 7) is 2.85. The molecule has 0 saturated carbocycles. The van der Waals surface area contributed by atoms with Crippen molar-refractivity contribution in [2.45, 2.75) is 19.8 Å². The predicted molar refractivity (Wildman–Crippen MR) is 104 cm³/mol. The van der Waals surface area contributed by atoms with Crippen LogP contribution in [-0.2, 0) is 4.79 Å². The molecule has 1 aliphatic heterocycles. The molecule has 5 nitrogen and oxygen atoms in total. The summed E-state index contributed by atoms with van der Waals surface area (Å²) in [5.74, 6) is -1.94. The number of halogens is 2. The summed E-state index contributed by atoms with van der Waals surface area (Å²) >= 11 is 0. The van der Waals surface area contributed by atoms with Crippen molar-refractivity contribution in [3.63, 3.8) is 0 Å². The number of para-hydroxylation sites is 1. The van der Waals surface area contributed by atoms with Crippen LogP contribution in [0.1, 0.15) is 19.8 Å². The molecule has 0 unspecified atom stereocenters. The van der Waals surface area contributed by atoms with Gasteiger partial charge in [-0.2, -0.15) is 0 Å². The Labute approximate surface area is 162 Å². The molecule has 1 heterocycles. The van der Waals surface area contributed by atoms with Crippen LogP contribution in [0.2, 0.25) is 0 Å². The first-order valence-corrected chi connectivity index (χ1v) is 9.31. The minimum atomic E-state index is -0.672. The van der Waals surface area contributed by atoms with Crippen molar-refractivity contribution >= 4 is 23.3 Å². The van der Waals surface area contributed by atoms with Crippen molar-refractivity contribution in [2.75, 3.05) is 23.7 Å². The van der Waals surface area contributed by atoms with Gasteiger partial charge in [-0.1, -0.05) is 25.1 Å². The van der Waals surface area contributed by atoms with Gasteiger partial charge in [-0.25, -0.2) is 13.6 Å². The number of anilines is 2. The number of likely N-dealkylation sites (tertiary alicyclic amines) is 1. The number of urea groups is 1. The van der Waals surface area contributed by atoms with Crippen LogP contribution >= 0.6 is 0 Å². The Balaban J connectivity index is 1.51. The van der Waals surface area contributed by atoms with E-state index >= 15 is 0 Å². The lowest BCUT2D eigenvalue weighted by molar-refractivity contribution is -0.121. The van der Waals surface area contributed by atoms with Gasteiger partial charge in [0.25, 0.3) is 0 Å². The van der Waals surface area contributed by atoms with Gasteiger partial charge in [-0.05, 0) is 43.0 Å². The SMILES string of the molecule is C[C@@H](C(=O)Nc1cc(F)ccc1F)C1CCN(C(=O)Nc2ccccc2)CC1. The van der Waals surface area contributed by atoms with E-state index in [9.17, 15) is 18.4 Å². The zero-order valence-corrected chi connectivity index (χ0v) is 15.6. The summed E-state index contributed by atoms with van der Waals surface area (Å²) in [6, 6.07) is 12.0. The molecular formula is C21H23F2N3O2. The number of piperidine rings is 1. The molecular weight excluding hydrogens is 364 g/mol. The van der Waals surface area contributed by atoms with Gasteiger partial charge < -0.3 is 15.5 Å². The first-order chi connectivity index (χ1) is 13.4. The second-order valence-electron chi connectivity index (χ2n) is 7.02. The van der Waals surface area contributed by atoms with Crippen molar-refractivity contribution in [2.24, 2.45) is 11.8 Å². The molecule has 0 aliphatic carbocycles. The first kappa shape index (κ1) is 19.8. The Bertz CT molecular complexity index is 837. The van der Waals surface area contributed by atoms with Crippen LogP contribution < -0.4 is 10.6 Å². The third kappa shape index (κ3) is 4.85. The summed E-state index contributed by atoms with van der Waals surface area (Å²) in [5.41, 5.74) is 0.580. The van der Waals surface area contributed by atoms with Crippen LogP contribution in [0, 0.1) is 23.5 Å². The normalized spacial score (nSPS) is 15.8. The van der Waals surface area contributed by atoms with Crippen LogP contribution in [0.5, 0.6) is 0 Å². The number of hydrogen-bond donors (Lipinski definition) is 2. The molecule has 28 heavy (non-hydrogen) atoms. The van der Waals surface area contributed by atoms with E-state index in [0.29, 0.717) is 25.9 Å². The minimum absolute atomic E-state index is 0.0670. The highest BCUT2D eigenvalue weighted by molar-refractivity contribution is 5.92. The lowest BCUT2D eigenvalue weighted by atomic mass is 9.85. The Kier molecular flexibility index (Phi) is 6.23. The van der Waals surface area contributed by atoms with Gasteiger partial charge in [-0.3, -0.25) is 4.79 Å². The molecule has 3 rings (SSSR count). The number of nitrogens with zero attached hydrogens (tertiary/aromatic N) is 1. The number of benzene rings is 2. The number of carbonyl (C=O) groups excluding carboxylic acids is 2. The summed E-state index contributed by atoms with van der Waals surface area (Å²) in [6.07, 6.45) is 1.34. The fourth-order valence-corrected chi connectivity index (χ4v) is 3.38. The molecule has 1 aliphatic rings. The lowest BCUT2D eigenvalue weighted by Gasteiger charge is -2.34. The fraction of sp³-hybridized carbons (Fsp3) is 0.333. The van der Waals surface area contributed by atoms with Crippen molar-refractivity contribution in [1.29, 1.82) is 0 Å². The summed E-state index contributed by atoms with van der Waals surface area (Å²) in [4.78, 5) is 26.5. The van der Waals surface area contributed by atoms with Gasteiger partial charge in [0.05, 0.1) is 5.69 Å². The van der Waals surface area contributed by atoms with E-state index in [1.807, 2.05) is 30.3 Å². The second kappa shape index (κ2) is 8.82. The van der Waals surface area contributed by atoms with E-state index < -0.39 is 11.6 Å². The molecule has 2 aromatic rings. The highest BCUT2D eigenvalue weighted by Gasteiger charge is 2.30. The molecule has 7 heteroatoms. The van der Waals surface area contributed by atoms with Gasteiger partial charge in [0.2, 0.25) is 5.91 Å². The number of hydrogen-bond acceptors (Lipinski definition) is 2. The largest absolute Gasteiger partial charge is 0.325 e. The van der Waals surface area contributed by atoms with Crippen molar-refractivity contribution in [3.8, 4) is 0 Å². The smallest absolute Gasteiger partial charge is 0.321 e. The molecule has 3 amide bonds. The zero-order chi connectivity index (χ0) is 20.1. The summed E-state index contributed by atoms with van der Waals surface area (Å²) in [7, 11) is 0. The van der Waals surface area contributed by atoms with E-state index in [-0.39, 0.29) is 29.5 Å². The molecule has 0 spiro atoms. The molecule has 0 aromatic heterocycles. The number of nitrogens with one attached hydrogen (secondary N) is 2.